The molecule has 1 N–H and O–H groups in total. The van der Waals surface area contributed by atoms with Gasteiger partial charge in [0.25, 0.3) is 5.69 Å². The molecule has 6 nitrogen and oxygen atoms in total. The predicted octanol–water partition coefficient (Wildman–Crippen LogP) is 2.10. The summed E-state index contributed by atoms with van der Waals surface area (Å²) in [6.07, 6.45) is 3.06. The van der Waals surface area contributed by atoms with Crippen molar-refractivity contribution < 1.29 is 19.6 Å². The van der Waals surface area contributed by atoms with Gasteiger partial charge in [0.15, 0.2) is 4.88 Å². The second-order valence-electron chi connectivity index (χ2n) is 4.56. The van der Waals surface area contributed by atoms with Crippen molar-refractivity contribution >= 4 is 23.0 Å². The molecule has 1 aliphatic carbocycles. The number of nitrogens with zero attached hydrogens (tertiary/aromatic N) is 1. The third-order valence-corrected chi connectivity index (χ3v) is 4.15. The van der Waals surface area contributed by atoms with Crippen LogP contribution >= 0.6 is 11.3 Å². The number of methoxy groups -OCH3 is 1. The molecule has 0 unspecified atom stereocenters. The summed E-state index contributed by atoms with van der Waals surface area (Å²) < 4.78 is 4.51. The lowest BCUT2D eigenvalue weighted by Crippen LogP contribution is -2.20. The summed E-state index contributed by atoms with van der Waals surface area (Å²) in [6, 6.07) is 1.24. The maximum Gasteiger partial charge on any atom is 0.355 e. The average molecular weight is 295 g/mol. The second kappa shape index (κ2) is 5.61. The van der Waals surface area contributed by atoms with E-state index in [1.54, 1.807) is 0 Å². The van der Waals surface area contributed by atoms with Gasteiger partial charge in [-0.05, 0) is 25.7 Å². The van der Waals surface area contributed by atoms with E-state index in [4.69, 9.17) is 0 Å². The summed E-state index contributed by atoms with van der Waals surface area (Å²) in [4.78, 5) is 22.0. The summed E-state index contributed by atoms with van der Waals surface area (Å²) in [5, 5.41) is 21.0. The zero-order valence-corrected chi connectivity index (χ0v) is 11.7. The first kappa shape index (κ1) is 14.5. The smallest absolute Gasteiger partial charge is 0.355 e. The largest absolute Gasteiger partial charge is 0.465 e. The van der Waals surface area contributed by atoms with Crippen LogP contribution in [-0.2, 0) is 4.74 Å². The molecule has 0 atom stereocenters. The lowest BCUT2D eigenvalue weighted by molar-refractivity contribution is -0.384. The number of carbonyl (C=O) groups excluding carboxylic acids is 1. The predicted molar refractivity (Wildman–Crippen MR) is 72.6 cm³/mol. The summed E-state index contributed by atoms with van der Waals surface area (Å²) in [5.74, 6) is 4.72. The molecule has 1 saturated carbocycles. The van der Waals surface area contributed by atoms with Crippen LogP contribution in [0.5, 0.6) is 0 Å². The summed E-state index contributed by atoms with van der Waals surface area (Å²) >= 11 is 0.902. The van der Waals surface area contributed by atoms with E-state index >= 15 is 0 Å². The summed E-state index contributed by atoms with van der Waals surface area (Å²) in [5.41, 5.74) is -1.32. The van der Waals surface area contributed by atoms with Crippen molar-refractivity contribution in [3.8, 4) is 11.8 Å². The molecular weight excluding hydrogens is 282 g/mol. The molecule has 0 spiro atoms. The van der Waals surface area contributed by atoms with E-state index in [2.05, 4.69) is 16.6 Å². The first-order chi connectivity index (χ1) is 9.45. The third kappa shape index (κ3) is 2.98. The average Bonchev–Trinajstić information content (AvgIpc) is 3.02. The van der Waals surface area contributed by atoms with Crippen LogP contribution < -0.4 is 0 Å². The van der Waals surface area contributed by atoms with Gasteiger partial charge in [-0.25, -0.2) is 4.79 Å². The highest BCUT2D eigenvalue weighted by Crippen LogP contribution is 2.31. The van der Waals surface area contributed by atoms with Crippen molar-refractivity contribution in [1.29, 1.82) is 0 Å². The number of nitro groups is 1. The second-order valence-corrected chi connectivity index (χ2v) is 5.61. The van der Waals surface area contributed by atoms with Crippen molar-refractivity contribution in [2.45, 2.75) is 31.3 Å². The Labute approximate surface area is 119 Å². The van der Waals surface area contributed by atoms with Crippen molar-refractivity contribution in [3.63, 3.8) is 0 Å². The highest BCUT2D eigenvalue weighted by Gasteiger charge is 2.29. The number of hydrogen-bond donors (Lipinski definition) is 1. The Kier molecular flexibility index (Phi) is 4.06. The summed E-state index contributed by atoms with van der Waals surface area (Å²) in [6.45, 7) is 0. The van der Waals surface area contributed by atoms with Gasteiger partial charge in [-0.1, -0.05) is 11.8 Å². The van der Waals surface area contributed by atoms with Crippen LogP contribution in [0.1, 0.15) is 40.2 Å². The molecule has 0 amide bonds. The Hall–Kier alpha value is -1.91. The number of aliphatic hydroxyl groups is 1. The van der Waals surface area contributed by atoms with Gasteiger partial charge in [-0.3, -0.25) is 10.1 Å². The van der Waals surface area contributed by atoms with E-state index < -0.39 is 16.5 Å². The third-order valence-electron chi connectivity index (χ3n) is 3.13. The zero-order chi connectivity index (χ0) is 14.8. The Morgan fingerprint density at radius 2 is 2.20 bits per heavy atom. The molecule has 2 rings (SSSR count). The van der Waals surface area contributed by atoms with Gasteiger partial charge in [0.05, 0.1) is 16.9 Å². The molecule has 1 aromatic heterocycles. The molecule has 0 radical (unpaired) electrons. The fraction of sp³-hybridized carbons (Fsp3) is 0.462. The van der Waals surface area contributed by atoms with Crippen LogP contribution in [0.15, 0.2) is 6.07 Å². The molecular formula is C13H13NO5S. The Balaban J connectivity index is 2.32. The molecule has 1 aliphatic rings. The van der Waals surface area contributed by atoms with E-state index in [-0.39, 0.29) is 10.6 Å². The number of thiophene rings is 1. The highest BCUT2D eigenvalue weighted by molar-refractivity contribution is 7.15. The number of hydrogen-bond acceptors (Lipinski definition) is 6. The highest BCUT2D eigenvalue weighted by atomic mass is 32.1. The molecule has 7 heteroatoms. The van der Waals surface area contributed by atoms with Crippen molar-refractivity contribution in [2.24, 2.45) is 0 Å². The molecule has 0 aromatic carbocycles. The number of esters is 1. The standard InChI is InChI=1S/C13H13NO5S/c1-19-12(15)11-10(14(17)18)8-9(20-11)4-7-13(16)5-2-3-6-13/h8,16H,2-3,5-6H2,1H3. The maximum absolute atomic E-state index is 11.5. The normalized spacial score (nSPS) is 16.3. The maximum atomic E-state index is 11.5. The fourth-order valence-electron chi connectivity index (χ4n) is 2.08. The van der Waals surface area contributed by atoms with Gasteiger partial charge < -0.3 is 9.84 Å². The van der Waals surface area contributed by atoms with E-state index in [1.165, 1.54) is 13.2 Å². The first-order valence-electron chi connectivity index (χ1n) is 6.07. The minimum absolute atomic E-state index is 0.0831. The van der Waals surface area contributed by atoms with Crippen LogP contribution in [0.2, 0.25) is 0 Å². The van der Waals surface area contributed by atoms with Gasteiger partial charge >= 0.3 is 5.97 Å². The van der Waals surface area contributed by atoms with Gasteiger partial charge in [-0.2, -0.15) is 0 Å². The van der Waals surface area contributed by atoms with E-state index in [1.807, 2.05) is 0 Å². The molecule has 0 aliphatic heterocycles. The number of carbonyl (C=O) groups is 1. The summed E-state index contributed by atoms with van der Waals surface area (Å²) in [7, 11) is 1.17. The van der Waals surface area contributed by atoms with Crippen LogP contribution in [-0.4, -0.2) is 28.7 Å². The van der Waals surface area contributed by atoms with E-state index in [9.17, 15) is 20.0 Å². The topological polar surface area (TPSA) is 89.7 Å². The van der Waals surface area contributed by atoms with Crippen molar-refractivity contribution in [2.75, 3.05) is 7.11 Å². The van der Waals surface area contributed by atoms with Gasteiger partial charge in [0.2, 0.25) is 0 Å². The van der Waals surface area contributed by atoms with Crippen molar-refractivity contribution in [1.82, 2.24) is 0 Å². The molecule has 106 valence electrons. The Morgan fingerprint density at radius 3 is 2.75 bits per heavy atom. The van der Waals surface area contributed by atoms with Crippen LogP contribution in [0.25, 0.3) is 0 Å². The van der Waals surface area contributed by atoms with Gasteiger partial charge in [-0.15, -0.1) is 11.3 Å². The van der Waals surface area contributed by atoms with Gasteiger partial charge in [0.1, 0.15) is 5.60 Å². The van der Waals surface area contributed by atoms with Crippen molar-refractivity contribution in [3.05, 3.63) is 25.9 Å². The van der Waals surface area contributed by atoms with E-state index in [0.29, 0.717) is 17.7 Å². The number of rotatable bonds is 2. The molecule has 1 aromatic rings. The van der Waals surface area contributed by atoms with Crippen LogP contribution in [0, 0.1) is 22.0 Å². The van der Waals surface area contributed by atoms with E-state index in [0.717, 1.165) is 24.2 Å². The molecule has 0 saturated heterocycles. The monoisotopic (exact) mass is 295 g/mol. The molecule has 0 bridgehead atoms. The zero-order valence-electron chi connectivity index (χ0n) is 10.8. The minimum Gasteiger partial charge on any atom is -0.465 e. The first-order valence-corrected chi connectivity index (χ1v) is 6.89. The Morgan fingerprint density at radius 1 is 1.55 bits per heavy atom. The van der Waals surface area contributed by atoms with Crippen LogP contribution in [0.4, 0.5) is 5.69 Å². The fourth-order valence-corrected chi connectivity index (χ4v) is 2.98. The quantitative estimate of drug-likeness (QED) is 0.390. The molecule has 20 heavy (non-hydrogen) atoms. The lowest BCUT2D eigenvalue weighted by Gasteiger charge is -2.12. The lowest BCUT2D eigenvalue weighted by atomic mass is 10.0. The SMILES string of the molecule is COC(=O)c1sc(C#CC2(O)CCCC2)cc1[N+](=O)[O-]. The van der Waals surface area contributed by atoms with Crippen LogP contribution in [0.3, 0.4) is 0 Å². The minimum atomic E-state index is -1.01. The number of ether oxygens (including phenoxy) is 1. The van der Waals surface area contributed by atoms with Gasteiger partial charge in [0, 0.05) is 6.07 Å². The molecule has 1 fully saturated rings. The molecule has 1 heterocycles. The Bertz CT molecular complexity index is 604.